The minimum Gasteiger partial charge on any atom is -0.388 e. The first-order chi connectivity index (χ1) is 12.1. The van der Waals surface area contributed by atoms with Crippen LogP contribution in [0.5, 0.6) is 0 Å². The average Bonchev–Trinajstić information content (AvgIpc) is 3.08. The van der Waals surface area contributed by atoms with Gasteiger partial charge in [0.2, 0.25) is 0 Å². The van der Waals surface area contributed by atoms with Gasteiger partial charge in [-0.15, -0.1) is 0 Å². The van der Waals surface area contributed by atoms with Crippen LogP contribution in [-0.2, 0) is 6.54 Å². The largest absolute Gasteiger partial charge is 0.388 e. The van der Waals surface area contributed by atoms with E-state index >= 15 is 0 Å². The SMILES string of the molecule is O=C(NCc1cn[nH]c1-c1ccc(Cl)cc1)NCC1(O)CCCCC1. The molecule has 2 aromatic rings. The lowest BCUT2D eigenvalue weighted by Gasteiger charge is -2.32. The molecule has 7 heteroatoms. The molecule has 1 fully saturated rings. The maximum absolute atomic E-state index is 12.0. The quantitative estimate of drug-likeness (QED) is 0.658. The third-order valence-corrected chi connectivity index (χ3v) is 4.90. The van der Waals surface area contributed by atoms with Crippen molar-refractivity contribution in [1.82, 2.24) is 20.8 Å². The van der Waals surface area contributed by atoms with Crippen LogP contribution in [0, 0.1) is 0 Å². The van der Waals surface area contributed by atoms with E-state index in [1.165, 1.54) is 0 Å². The van der Waals surface area contributed by atoms with Crippen LogP contribution >= 0.6 is 11.6 Å². The summed E-state index contributed by atoms with van der Waals surface area (Å²) in [6.45, 7) is 0.632. The minimum atomic E-state index is -0.764. The average molecular weight is 363 g/mol. The Hall–Kier alpha value is -2.05. The Morgan fingerprint density at radius 3 is 2.64 bits per heavy atom. The number of hydrogen-bond donors (Lipinski definition) is 4. The van der Waals surface area contributed by atoms with Crippen molar-refractivity contribution in [3.05, 3.63) is 41.0 Å². The predicted molar refractivity (Wildman–Crippen MR) is 97.3 cm³/mol. The number of benzene rings is 1. The second-order valence-corrected chi connectivity index (χ2v) is 7.03. The van der Waals surface area contributed by atoms with Gasteiger partial charge in [0.1, 0.15) is 0 Å². The standard InChI is InChI=1S/C18H23ClN4O2/c19-15-6-4-13(5-7-15)16-14(11-22-23-16)10-20-17(24)21-12-18(25)8-2-1-3-9-18/h4-7,11,25H,1-3,8-10,12H2,(H,22,23)(H2,20,21,24). The molecule has 0 spiro atoms. The summed E-state index contributed by atoms with van der Waals surface area (Å²) in [4.78, 5) is 12.0. The molecular weight excluding hydrogens is 340 g/mol. The van der Waals surface area contributed by atoms with Crippen molar-refractivity contribution in [3.8, 4) is 11.3 Å². The normalized spacial score (nSPS) is 16.4. The molecule has 0 radical (unpaired) electrons. The molecule has 1 heterocycles. The van der Waals surface area contributed by atoms with Crippen LogP contribution in [0.2, 0.25) is 5.02 Å². The first kappa shape index (κ1) is 17.8. The molecule has 1 aliphatic rings. The first-order valence-electron chi connectivity index (χ1n) is 8.58. The van der Waals surface area contributed by atoms with E-state index in [1.54, 1.807) is 6.20 Å². The number of nitrogens with one attached hydrogen (secondary N) is 3. The van der Waals surface area contributed by atoms with Gasteiger partial charge in [0.05, 0.1) is 17.5 Å². The zero-order chi connectivity index (χ0) is 17.7. The van der Waals surface area contributed by atoms with Crippen LogP contribution in [0.3, 0.4) is 0 Å². The van der Waals surface area contributed by atoms with Crippen LogP contribution in [0.4, 0.5) is 4.79 Å². The van der Waals surface area contributed by atoms with Crippen LogP contribution in [0.25, 0.3) is 11.3 Å². The second kappa shape index (κ2) is 7.89. The molecule has 1 aromatic carbocycles. The number of hydrogen-bond acceptors (Lipinski definition) is 3. The van der Waals surface area contributed by atoms with Gasteiger partial charge < -0.3 is 15.7 Å². The summed E-state index contributed by atoms with van der Waals surface area (Å²) in [5, 5.41) is 23.7. The predicted octanol–water partition coefficient (Wildman–Crippen LogP) is 3.22. The summed E-state index contributed by atoms with van der Waals surface area (Å²) in [7, 11) is 0. The van der Waals surface area contributed by atoms with Crippen molar-refractivity contribution in [2.45, 2.75) is 44.2 Å². The number of amides is 2. The van der Waals surface area contributed by atoms with Gasteiger partial charge in [-0.1, -0.05) is 43.0 Å². The molecule has 0 unspecified atom stereocenters. The number of rotatable bonds is 5. The zero-order valence-electron chi connectivity index (χ0n) is 14.0. The molecule has 25 heavy (non-hydrogen) atoms. The lowest BCUT2D eigenvalue weighted by atomic mass is 9.85. The molecule has 0 atom stereocenters. The van der Waals surface area contributed by atoms with Gasteiger partial charge in [0.25, 0.3) is 0 Å². The molecule has 2 amide bonds. The molecule has 1 aromatic heterocycles. The number of aromatic nitrogens is 2. The molecule has 0 bridgehead atoms. The van der Waals surface area contributed by atoms with Crippen LogP contribution in [0.1, 0.15) is 37.7 Å². The molecule has 0 aliphatic heterocycles. The van der Waals surface area contributed by atoms with E-state index < -0.39 is 5.60 Å². The summed E-state index contributed by atoms with van der Waals surface area (Å²) < 4.78 is 0. The van der Waals surface area contributed by atoms with Crippen molar-refractivity contribution >= 4 is 17.6 Å². The van der Waals surface area contributed by atoms with Crippen LogP contribution in [-0.4, -0.2) is 33.5 Å². The fourth-order valence-corrected chi connectivity index (χ4v) is 3.31. The second-order valence-electron chi connectivity index (χ2n) is 6.60. The van der Waals surface area contributed by atoms with Crippen LogP contribution in [0.15, 0.2) is 30.5 Å². The van der Waals surface area contributed by atoms with E-state index in [4.69, 9.17) is 11.6 Å². The monoisotopic (exact) mass is 362 g/mol. The number of nitrogens with zero attached hydrogens (tertiary/aromatic N) is 1. The number of H-pyrrole nitrogens is 1. The number of aliphatic hydroxyl groups is 1. The summed E-state index contributed by atoms with van der Waals surface area (Å²) >= 11 is 5.91. The summed E-state index contributed by atoms with van der Waals surface area (Å²) in [5.41, 5.74) is 1.92. The third-order valence-electron chi connectivity index (χ3n) is 4.65. The highest BCUT2D eigenvalue weighted by atomic mass is 35.5. The van der Waals surface area contributed by atoms with Gasteiger partial charge in [0, 0.05) is 23.7 Å². The van der Waals surface area contributed by atoms with E-state index in [9.17, 15) is 9.90 Å². The Balaban J connectivity index is 1.53. The van der Waals surface area contributed by atoms with E-state index in [0.717, 1.165) is 48.9 Å². The summed E-state index contributed by atoms with van der Waals surface area (Å²) in [6, 6.07) is 7.14. The minimum absolute atomic E-state index is 0.286. The molecule has 4 N–H and O–H groups in total. The lowest BCUT2D eigenvalue weighted by molar-refractivity contribution is 0.00719. The highest BCUT2D eigenvalue weighted by Crippen LogP contribution is 2.27. The van der Waals surface area contributed by atoms with Gasteiger partial charge in [-0.05, 0) is 30.5 Å². The van der Waals surface area contributed by atoms with E-state index in [1.807, 2.05) is 24.3 Å². The number of carbonyl (C=O) groups is 1. The van der Waals surface area contributed by atoms with E-state index in [-0.39, 0.29) is 12.6 Å². The van der Waals surface area contributed by atoms with Gasteiger partial charge in [-0.2, -0.15) is 5.10 Å². The third kappa shape index (κ3) is 4.74. The maximum atomic E-state index is 12.0. The molecule has 134 valence electrons. The van der Waals surface area contributed by atoms with Crippen molar-refractivity contribution in [1.29, 1.82) is 0 Å². The first-order valence-corrected chi connectivity index (χ1v) is 8.96. The Morgan fingerprint density at radius 1 is 1.20 bits per heavy atom. The summed E-state index contributed by atoms with van der Waals surface area (Å²) in [6.07, 6.45) is 6.37. The summed E-state index contributed by atoms with van der Waals surface area (Å²) in [5.74, 6) is 0. The fourth-order valence-electron chi connectivity index (χ4n) is 3.18. The number of carbonyl (C=O) groups excluding carboxylic acids is 1. The molecule has 3 rings (SSSR count). The highest BCUT2D eigenvalue weighted by Gasteiger charge is 2.29. The Bertz CT molecular complexity index is 708. The van der Waals surface area contributed by atoms with Crippen LogP contribution < -0.4 is 10.6 Å². The number of urea groups is 1. The smallest absolute Gasteiger partial charge is 0.315 e. The molecule has 1 saturated carbocycles. The topological polar surface area (TPSA) is 90.0 Å². The molecular formula is C18H23ClN4O2. The Morgan fingerprint density at radius 2 is 1.92 bits per heavy atom. The van der Waals surface area contributed by atoms with E-state index in [0.29, 0.717) is 11.6 Å². The van der Waals surface area contributed by atoms with E-state index in [2.05, 4.69) is 20.8 Å². The van der Waals surface area contributed by atoms with Crippen molar-refractivity contribution in [2.24, 2.45) is 0 Å². The number of aromatic amines is 1. The fraction of sp³-hybridized carbons (Fsp3) is 0.444. The number of halogens is 1. The van der Waals surface area contributed by atoms with Crippen molar-refractivity contribution in [3.63, 3.8) is 0 Å². The Kier molecular flexibility index (Phi) is 5.60. The van der Waals surface area contributed by atoms with Gasteiger partial charge in [0.15, 0.2) is 0 Å². The molecule has 6 nitrogen and oxygen atoms in total. The lowest BCUT2D eigenvalue weighted by Crippen LogP contribution is -2.47. The Labute approximate surface area is 152 Å². The van der Waals surface area contributed by atoms with Gasteiger partial charge in [-0.25, -0.2) is 4.79 Å². The maximum Gasteiger partial charge on any atom is 0.315 e. The molecule has 0 saturated heterocycles. The zero-order valence-corrected chi connectivity index (χ0v) is 14.8. The highest BCUT2D eigenvalue weighted by molar-refractivity contribution is 6.30. The van der Waals surface area contributed by atoms with Gasteiger partial charge in [-0.3, -0.25) is 5.10 Å². The van der Waals surface area contributed by atoms with Gasteiger partial charge >= 0.3 is 6.03 Å². The van der Waals surface area contributed by atoms with Crippen molar-refractivity contribution in [2.75, 3.05) is 6.54 Å². The molecule has 1 aliphatic carbocycles. The van der Waals surface area contributed by atoms with Crippen molar-refractivity contribution < 1.29 is 9.90 Å².